The average molecular weight is 401 g/mol. The Morgan fingerprint density at radius 1 is 1.36 bits per heavy atom. The van der Waals surface area contributed by atoms with Crippen molar-refractivity contribution in [2.45, 2.75) is 52.9 Å². The van der Waals surface area contributed by atoms with Crippen LogP contribution in [-0.4, -0.2) is 18.4 Å². The molecular formula is C22H28N2O3S. The van der Waals surface area contributed by atoms with E-state index < -0.39 is 5.91 Å². The molecule has 1 heterocycles. The molecule has 150 valence electrons. The van der Waals surface area contributed by atoms with Crippen molar-refractivity contribution in [3.8, 4) is 5.75 Å². The van der Waals surface area contributed by atoms with Gasteiger partial charge in [-0.3, -0.25) is 9.59 Å². The topological polar surface area (TPSA) is 81.4 Å². The second-order valence-electron chi connectivity index (χ2n) is 7.95. The number of carbonyl (C=O) groups excluding carboxylic acids is 2. The molecule has 1 atom stereocenters. The van der Waals surface area contributed by atoms with E-state index in [0.717, 1.165) is 46.6 Å². The summed E-state index contributed by atoms with van der Waals surface area (Å²) in [4.78, 5) is 25.7. The third kappa shape index (κ3) is 4.38. The Morgan fingerprint density at radius 2 is 2.11 bits per heavy atom. The summed E-state index contributed by atoms with van der Waals surface area (Å²) in [6.07, 6.45) is 2.79. The molecule has 28 heavy (non-hydrogen) atoms. The highest BCUT2D eigenvalue weighted by atomic mass is 32.1. The second kappa shape index (κ2) is 8.35. The first-order valence-corrected chi connectivity index (χ1v) is 10.6. The number of nitrogens with one attached hydrogen (secondary N) is 1. The van der Waals surface area contributed by atoms with E-state index in [4.69, 9.17) is 10.5 Å². The van der Waals surface area contributed by atoms with Gasteiger partial charge in [0.05, 0.1) is 5.56 Å². The van der Waals surface area contributed by atoms with Crippen molar-refractivity contribution in [1.82, 2.24) is 0 Å². The molecule has 2 amide bonds. The number of ether oxygens (including phenoxy) is 1. The number of aryl methyl sites for hydroxylation is 1. The number of anilines is 1. The zero-order valence-electron chi connectivity index (χ0n) is 16.9. The summed E-state index contributed by atoms with van der Waals surface area (Å²) in [5.74, 6) is 0.828. The van der Waals surface area contributed by atoms with E-state index in [1.165, 1.54) is 11.3 Å². The van der Waals surface area contributed by atoms with Gasteiger partial charge in [-0.05, 0) is 60.8 Å². The minimum absolute atomic E-state index is 0.111. The highest BCUT2D eigenvalue weighted by Gasteiger charge is 2.27. The monoisotopic (exact) mass is 400 g/mol. The van der Waals surface area contributed by atoms with Gasteiger partial charge in [0.25, 0.3) is 11.8 Å². The molecule has 0 saturated carbocycles. The van der Waals surface area contributed by atoms with Crippen molar-refractivity contribution in [3.63, 3.8) is 0 Å². The molecule has 1 aromatic heterocycles. The third-order valence-corrected chi connectivity index (χ3v) is 6.33. The maximum Gasteiger partial charge on any atom is 0.262 e. The fraction of sp³-hybridized carbons (Fsp3) is 0.455. The van der Waals surface area contributed by atoms with Crippen LogP contribution in [0.2, 0.25) is 0 Å². The molecule has 1 aromatic carbocycles. The predicted octanol–water partition coefficient (Wildman–Crippen LogP) is 4.42. The Morgan fingerprint density at radius 3 is 2.79 bits per heavy atom. The lowest BCUT2D eigenvalue weighted by molar-refractivity contribution is -0.118. The maximum absolute atomic E-state index is 12.5. The largest absolute Gasteiger partial charge is 0.483 e. The standard InChI is InChI=1S/C22H28N2O3S/c1-12(2)15-7-5-13(3)9-17(15)27-11-19(25)24-22-20(21(23)26)16-8-6-14(4)10-18(16)28-22/h5,7,9,12,14H,6,8,10-11H2,1-4H3,(H2,23,26)(H,24,25)/t14-/m1/s1. The number of rotatable bonds is 6. The smallest absolute Gasteiger partial charge is 0.262 e. The highest BCUT2D eigenvalue weighted by Crippen LogP contribution is 2.39. The predicted molar refractivity (Wildman–Crippen MR) is 113 cm³/mol. The molecular weight excluding hydrogens is 372 g/mol. The molecule has 1 aliphatic rings. The first-order chi connectivity index (χ1) is 13.3. The molecule has 0 bridgehead atoms. The van der Waals surface area contributed by atoms with Gasteiger partial charge in [-0.15, -0.1) is 11.3 Å². The molecule has 3 N–H and O–H groups in total. The fourth-order valence-corrected chi connectivity index (χ4v) is 5.08. The summed E-state index contributed by atoms with van der Waals surface area (Å²) >= 11 is 1.47. The lowest BCUT2D eigenvalue weighted by atomic mass is 9.88. The molecule has 5 nitrogen and oxygen atoms in total. The Labute approximate surface area is 170 Å². The molecule has 0 radical (unpaired) electrons. The molecule has 0 saturated heterocycles. The van der Waals surface area contributed by atoms with Crippen molar-refractivity contribution < 1.29 is 14.3 Å². The summed E-state index contributed by atoms with van der Waals surface area (Å²) < 4.78 is 5.81. The van der Waals surface area contributed by atoms with Crippen LogP contribution in [0.3, 0.4) is 0 Å². The Bertz CT molecular complexity index is 901. The third-order valence-electron chi connectivity index (χ3n) is 5.16. The molecule has 0 unspecified atom stereocenters. The quantitative estimate of drug-likeness (QED) is 0.753. The number of benzene rings is 1. The summed E-state index contributed by atoms with van der Waals surface area (Å²) in [5.41, 5.74) is 9.24. The fourth-order valence-electron chi connectivity index (χ4n) is 3.65. The van der Waals surface area contributed by atoms with E-state index in [1.807, 2.05) is 25.1 Å². The molecule has 2 aromatic rings. The number of carbonyl (C=O) groups is 2. The summed E-state index contributed by atoms with van der Waals surface area (Å²) in [5, 5.41) is 3.40. The van der Waals surface area contributed by atoms with E-state index >= 15 is 0 Å². The number of hydrogen-bond donors (Lipinski definition) is 2. The van der Waals surface area contributed by atoms with E-state index in [1.54, 1.807) is 0 Å². The highest BCUT2D eigenvalue weighted by molar-refractivity contribution is 7.17. The van der Waals surface area contributed by atoms with Crippen LogP contribution >= 0.6 is 11.3 Å². The number of primary amides is 1. The molecule has 0 fully saturated rings. The molecule has 1 aliphatic carbocycles. The van der Waals surface area contributed by atoms with Crippen molar-refractivity contribution in [2.75, 3.05) is 11.9 Å². The van der Waals surface area contributed by atoms with Gasteiger partial charge in [0.1, 0.15) is 10.8 Å². The van der Waals surface area contributed by atoms with Crippen LogP contribution in [0.5, 0.6) is 5.75 Å². The van der Waals surface area contributed by atoms with Gasteiger partial charge in [-0.1, -0.05) is 32.9 Å². The Kier molecular flexibility index (Phi) is 6.08. The van der Waals surface area contributed by atoms with Gasteiger partial charge in [-0.25, -0.2) is 0 Å². The van der Waals surface area contributed by atoms with Crippen molar-refractivity contribution in [2.24, 2.45) is 11.7 Å². The van der Waals surface area contributed by atoms with Crippen LogP contribution in [0.15, 0.2) is 18.2 Å². The number of amides is 2. The zero-order valence-corrected chi connectivity index (χ0v) is 17.7. The van der Waals surface area contributed by atoms with Crippen LogP contribution in [-0.2, 0) is 17.6 Å². The summed E-state index contributed by atoms with van der Waals surface area (Å²) in [6, 6.07) is 6.02. The van der Waals surface area contributed by atoms with Crippen LogP contribution < -0.4 is 15.8 Å². The van der Waals surface area contributed by atoms with E-state index in [0.29, 0.717) is 22.4 Å². The Balaban J connectivity index is 1.74. The molecule has 0 spiro atoms. The first-order valence-electron chi connectivity index (χ1n) is 9.73. The normalized spacial score (nSPS) is 16.0. The first kappa shape index (κ1) is 20.4. The SMILES string of the molecule is Cc1ccc(C(C)C)c(OCC(=O)Nc2sc3c(c2C(N)=O)CC[C@@H](C)C3)c1. The van der Waals surface area contributed by atoms with Gasteiger partial charge >= 0.3 is 0 Å². The number of thiophene rings is 1. The van der Waals surface area contributed by atoms with E-state index in [9.17, 15) is 9.59 Å². The van der Waals surface area contributed by atoms with Gasteiger partial charge in [-0.2, -0.15) is 0 Å². The van der Waals surface area contributed by atoms with Gasteiger partial charge in [0.15, 0.2) is 6.61 Å². The van der Waals surface area contributed by atoms with Crippen molar-refractivity contribution in [3.05, 3.63) is 45.3 Å². The van der Waals surface area contributed by atoms with Crippen LogP contribution in [0.4, 0.5) is 5.00 Å². The molecule has 6 heteroatoms. The average Bonchev–Trinajstić information content (AvgIpc) is 2.96. The number of hydrogen-bond acceptors (Lipinski definition) is 4. The lowest BCUT2D eigenvalue weighted by Crippen LogP contribution is -2.23. The van der Waals surface area contributed by atoms with Crippen LogP contribution in [0.1, 0.15) is 65.0 Å². The van der Waals surface area contributed by atoms with Gasteiger partial charge < -0.3 is 15.8 Å². The van der Waals surface area contributed by atoms with E-state index in [-0.39, 0.29) is 12.5 Å². The summed E-state index contributed by atoms with van der Waals surface area (Å²) in [6.45, 7) is 8.27. The van der Waals surface area contributed by atoms with Crippen LogP contribution in [0.25, 0.3) is 0 Å². The van der Waals surface area contributed by atoms with Gasteiger partial charge in [0.2, 0.25) is 0 Å². The van der Waals surface area contributed by atoms with Gasteiger partial charge in [0, 0.05) is 4.88 Å². The number of nitrogens with two attached hydrogens (primary N) is 1. The number of fused-ring (bicyclic) bond motifs is 1. The lowest BCUT2D eigenvalue weighted by Gasteiger charge is -2.18. The van der Waals surface area contributed by atoms with Crippen molar-refractivity contribution in [1.29, 1.82) is 0 Å². The molecule has 0 aliphatic heterocycles. The van der Waals surface area contributed by atoms with Crippen LogP contribution in [0, 0.1) is 12.8 Å². The maximum atomic E-state index is 12.5. The minimum atomic E-state index is -0.482. The summed E-state index contributed by atoms with van der Waals surface area (Å²) in [7, 11) is 0. The minimum Gasteiger partial charge on any atom is -0.483 e. The second-order valence-corrected chi connectivity index (χ2v) is 9.06. The van der Waals surface area contributed by atoms with Crippen molar-refractivity contribution >= 4 is 28.2 Å². The van der Waals surface area contributed by atoms with E-state index in [2.05, 4.69) is 26.1 Å². The molecule has 3 rings (SSSR count). The Hall–Kier alpha value is -2.34. The zero-order chi connectivity index (χ0) is 20.4.